The molecule has 0 unspecified atom stereocenters. The third-order valence-electron chi connectivity index (χ3n) is 3.45. The Labute approximate surface area is 143 Å². The highest BCUT2D eigenvalue weighted by Gasteiger charge is 2.15. The van der Waals surface area contributed by atoms with Gasteiger partial charge in [-0.05, 0) is 25.3 Å². The molecule has 2 aromatic heterocycles. The number of hydrogen-bond acceptors (Lipinski definition) is 5. The number of anilines is 1. The molecule has 3 rings (SSSR count). The molecule has 0 spiro atoms. The van der Waals surface area contributed by atoms with Crippen LogP contribution in [0, 0.1) is 6.92 Å². The molecule has 24 heavy (non-hydrogen) atoms. The third-order valence-corrected chi connectivity index (χ3v) is 4.19. The maximum absolute atomic E-state index is 12.2. The quantitative estimate of drug-likeness (QED) is 0.695. The van der Waals surface area contributed by atoms with E-state index in [0.717, 1.165) is 10.6 Å². The molecule has 0 saturated carbocycles. The van der Waals surface area contributed by atoms with Gasteiger partial charge >= 0.3 is 6.03 Å². The summed E-state index contributed by atoms with van der Waals surface area (Å²) in [6, 6.07) is 9.31. The Morgan fingerprint density at radius 1 is 1.33 bits per heavy atom. The normalized spacial score (nSPS) is 10.6. The van der Waals surface area contributed by atoms with E-state index in [1.54, 1.807) is 17.8 Å². The number of amides is 2. The van der Waals surface area contributed by atoms with Gasteiger partial charge in [0.05, 0.1) is 23.3 Å². The first-order chi connectivity index (χ1) is 11.7. The number of nitrogens with zero attached hydrogens (tertiary/aromatic N) is 3. The fraction of sp³-hybridized carbons (Fsp3) is 0.188. The number of carbonyl (C=O) groups excluding carboxylic acids is 1. The molecule has 0 fully saturated rings. The lowest BCUT2D eigenvalue weighted by Crippen LogP contribution is -2.29. The molecule has 1 aromatic carbocycles. The van der Waals surface area contributed by atoms with Crippen LogP contribution in [0.1, 0.15) is 11.5 Å². The molecule has 8 heteroatoms. The molecule has 124 valence electrons. The molecule has 0 aliphatic rings. The number of urea groups is 1. The largest absolute Gasteiger partial charge is 0.448 e. The van der Waals surface area contributed by atoms with E-state index in [4.69, 9.17) is 4.42 Å². The van der Waals surface area contributed by atoms with E-state index in [9.17, 15) is 4.79 Å². The highest BCUT2D eigenvalue weighted by atomic mass is 32.2. The molecule has 2 amide bonds. The highest BCUT2D eigenvalue weighted by Crippen LogP contribution is 2.27. The second-order valence-corrected chi connectivity index (χ2v) is 5.82. The Morgan fingerprint density at radius 3 is 2.79 bits per heavy atom. The molecule has 2 N–H and O–H groups in total. The number of thioether (sulfide) groups is 1. The first-order valence-corrected chi connectivity index (χ1v) is 8.52. The van der Waals surface area contributed by atoms with Crippen LogP contribution >= 0.6 is 11.8 Å². The van der Waals surface area contributed by atoms with Gasteiger partial charge in [-0.1, -0.05) is 18.2 Å². The van der Waals surface area contributed by atoms with Crippen LogP contribution in [0.4, 0.5) is 10.6 Å². The summed E-state index contributed by atoms with van der Waals surface area (Å²) in [5.41, 5.74) is 1.58. The Bertz CT molecular complexity index is 828. The van der Waals surface area contributed by atoms with Gasteiger partial charge in [-0.25, -0.2) is 14.5 Å². The van der Waals surface area contributed by atoms with E-state index < -0.39 is 0 Å². The summed E-state index contributed by atoms with van der Waals surface area (Å²) >= 11 is 1.52. The number of nitrogens with one attached hydrogen (secondary N) is 2. The van der Waals surface area contributed by atoms with Crippen LogP contribution in [0.25, 0.3) is 5.69 Å². The van der Waals surface area contributed by atoms with E-state index in [1.807, 2.05) is 36.6 Å². The van der Waals surface area contributed by atoms with Crippen LogP contribution in [0.5, 0.6) is 0 Å². The van der Waals surface area contributed by atoms with Gasteiger partial charge < -0.3 is 9.73 Å². The summed E-state index contributed by atoms with van der Waals surface area (Å²) in [7, 11) is 0. The van der Waals surface area contributed by atoms with Gasteiger partial charge in [0.25, 0.3) is 0 Å². The molecule has 2 heterocycles. The first-order valence-electron chi connectivity index (χ1n) is 7.30. The van der Waals surface area contributed by atoms with Crippen LogP contribution in [0.3, 0.4) is 0 Å². The van der Waals surface area contributed by atoms with E-state index in [1.165, 1.54) is 18.2 Å². The maximum Gasteiger partial charge on any atom is 0.320 e. The predicted molar refractivity (Wildman–Crippen MR) is 92.4 cm³/mol. The Morgan fingerprint density at radius 2 is 2.12 bits per heavy atom. The highest BCUT2D eigenvalue weighted by molar-refractivity contribution is 7.98. The fourth-order valence-corrected chi connectivity index (χ4v) is 2.66. The van der Waals surface area contributed by atoms with Gasteiger partial charge in [-0.3, -0.25) is 5.32 Å². The SMILES string of the molecule is CSc1cnn(-c2ccccc2)c1NC(=O)NCc1ncoc1C. The lowest BCUT2D eigenvalue weighted by Gasteiger charge is -2.11. The molecule has 7 nitrogen and oxygen atoms in total. The van der Waals surface area contributed by atoms with E-state index in [-0.39, 0.29) is 6.03 Å². The number of benzene rings is 1. The van der Waals surface area contributed by atoms with E-state index in [0.29, 0.717) is 23.8 Å². The van der Waals surface area contributed by atoms with Crippen LogP contribution in [0.15, 0.2) is 52.2 Å². The number of carbonyl (C=O) groups is 1. The third kappa shape index (κ3) is 3.43. The molecule has 0 atom stereocenters. The summed E-state index contributed by atoms with van der Waals surface area (Å²) < 4.78 is 6.82. The van der Waals surface area contributed by atoms with Crippen molar-refractivity contribution in [3.05, 3.63) is 54.4 Å². The standard InChI is InChI=1S/C16H17N5O2S/c1-11-13(18-10-23-11)8-17-16(22)20-15-14(24-2)9-19-21(15)12-6-4-3-5-7-12/h3-7,9-10H,8H2,1-2H3,(H2,17,20,22). The van der Waals surface area contributed by atoms with Crippen molar-refractivity contribution in [1.29, 1.82) is 0 Å². The van der Waals surface area contributed by atoms with Crippen LogP contribution in [0.2, 0.25) is 0 Å². The minimum atomic E-state index is -0.328. The Hall–Kier alpha value is -2.74. The van der Waals surface area contributed by atoms with Gasteiger partial charge in [0, 0.05) is 0 Å². The number of aromatic nitrogens is 3. The summed E-state index contributed by atoms with van der Waals surface area (Å²) in [6.45, 7) is 2.10. The van der Waals surface area contributed by atoms with Crippen molar-refractivity contribution in [2.75, 3.05) is 11.6 Å². The van der Waals surface area contributed by atoms with Gasteiger partial charge in [0.2, 0.25) is 0 Å². The molecule has 3 aromatic rings. The zero-order chi connectivity index (χ0) is 16.9. The molecule has 0 bridgehead atoms. The summed E-state index contributed by atoms with van der Waals surface area (Å²) in [6.07, 6.45) is 5.03. The summed E-state index contributed by atoms with van der Waals surface area (Å²) in [4.78, 5) is 17.2. The molecule has 0 aliphatic carbocycles. The number of aryl methyl sites for hydroxylation is 1. The maximum atomic E-state index is 12.2. The number of oxazole rings is 1. The smallest absolute Gasteiger partial charge is 0.320 e. The molecular formula is C16H17N5O2S. The molecular weight excluding hydrogens is 326 g/mol. The van der Waals surface area contributed by atoms with Crippen molar-refractivity contribution >= 4 is 23.6 Å². The Balaban J connectivity index is 1.75. The zero-order valence-electron chi connectivity index (χ0n) is 13.3. The van der Waals surface area contributed by atoms with Gasteiger partial charge in [0.1, 0.15) is 11.5 Å². The second kappa shape index (κ2) is 7.22. The topological polar surface area (TPSA) is 85.0 Å². The Kier molecular flexibility index (Phi) is 4.85. The fourth-order valence-electron chi connectivity index (χ4n) is 2.18. The number of rotatable bonds is 5. The van der Waals surface area contributed by atoms with Crippen LogP contribution in [-0.2, 0) is 6.54 Å². The lowest BCUT2D eigenvalue weighted by molar-refractivity contribution is 0.251. The predicted octanol–water partition coefficient (Wildman–Crippen LogP) is 3.21. The van der Waals surface area contributed by atoms with Gasteiger partial charge in [0.15, 0.2) is 12.2 Å². The van der Waals surface area contributed by atoms with Crippen LogP contribution < -0.4 is 10.6 Å². The number of hydrogen-bond donors (Lipinski definition) is 2. The van der Waals surface area contributed by atoms with Crippen molar-refractivity contribution in [1.82, 2.24) is 20.1 Å². The molecule has 0 saturated heterocycles. The second-order valence-electron chi connectivity index (χ2n) is 4.97. The monoisotopic (exact) mass is 343 g/mol. The average Bonchev–Trinajstić information content (AvgIpc) is 3.19. The summed E-state index contributed by atoms with van der Waals surface area (Å²) in [5.74, 6) is 1.32. The minimum Gasteiger partial charge on any atom is -0.448 e. The van der Waals surface area contributed by atoms with Gasteiger partial charge in [-0.15, -0.1) is 11.8 Å². The molecule has 0 aliphatic heterocycles. The average molecular weight is 343 g/mol. The minimum absolute atomic E-state index is 0.294. The first kappa shape index (κ1) is 16.1. The van der Waals surface area contributed by atoms with Crippen molar-refractivity contribution < 1.29 is 9.21 Å². The van der Waals surface area contributed by atoms with Crippen molar-refractivity contribution in [2.45, 2.75) is 18.4 Å². The van der Waals surface area contributed by atoms with Crippen molar-refractivity contribution in [3.8, 4) is 5.69 Å². The molecule has 0 radical (unpaired) electrons. The van der Waals surface area contributed by atoms with Crippen molar-refractivity contribution in [2.24, 2.45) is 0 Å². The lowest BCUT2D eigenvalue weighted by atomic mass is 10.3. The van der Waals surface area contributed by atoms with E-state index in [2.05, 4.69) is 20.7 Å². The van der Waals surface area contributed by atoms with Crippen LogP contribution in [-0.4, -0.2) is 27.1 Å². The van der Waals surface area contributed by atoms with Gasteiger partial charge in [-0.2, -0.15) is 5.10 Å². The van der Waals surface area contributed by atoms with Crippen molar-refractivity contribution in [3.63, 3.8) is 0 Å². The zero-order valence-corrected chi connectivity index (χ0v) is 14.1. The summed E-state index contributed by atoms with van der Waals surface area (Å²) in [5, 5.41) is 9.99. The number of para-hydroxylation sites is 1. The van der Waals surface area contributed by atoms with E-state index >= 15 is 0 Å².